The molecule has 0 saturated heterocycles. The van der Waals surface area contributed by atoms with Crippen molar-refractivity contribution in [2.45, 2.75) is 6.54 Å². The summed E-state index contributed by atoms with van der Waals surface area (Å²) in [5.41, 5.74) is 1.07. The van der Waals surface area contributed by atoms with Crippen molar-refractivity contribution in [1.29, 1.82) is 0 Å². The van der Waals surface area contributed by atoms with Crippen LogP contribution in [0.3, 0.4) is 0 Å². The highest BCUT2D eigenvalue weighted by Gasteiger charge is 2.08. The first-order chi connectivity index (χ1) is 8.58. The Labute approximate surface area is 117 Å². The molecule has 94 valence electrons. The number of hydrogen-bond acceptors (Lipinski definition) is 1. The molecule has 2 aromatic carbocycles. The monoisotopic (exact) mass is 331 g/mol. The summed E-state index contributed by atoms with van der Waals surface area (Å²) in [6.07, 6.45) is 0. The summed E-state index contributed by atoms with van der Waals surface area (Å²) in [6, 6.07) is 9.46. The quantitative estimate of drug-likeness (QED) is 0.781. The van der Waals surface area contributed by atoms with E-state index in [1.807, 2.05) is 18.2 Å². The van der Waals surface area contributed by atoms with Crippen molar-refractivity contribution in [1.82, 2.24) is 0 Å². The highest BCUT2D eigenvalue weighted by molar-refractivity contribution is 9.10. The van der Waals surface area contributed by atoms with Crippen molar-refractivity contribution in [3.8, 4) is 0 Å². The van der Waals surface area contributed by atoms with Crippen LogP contribution < -0.4 is 5.32 Å². The van der Waals surface area contributed by atoms with E-state index in [4.69, 9.17) is 11.6 Å². The van der Waals surface area contributed by atoms with E-state index in [1.54, 1.807) is 6.07 Å². The average molecular weight is 333 g/mol. The van der Waals surface area contributed by atoms with E-state index in [0.717, 1.165) is 11.6 Å². The molecule has 0 amide bonds. The summed E-state index contributed by atoms with van der Waals surface area (Å²) < 4.78 is 26.7. The van der Waals surface area contributed by atoms with Gasteiger partial charge in [-0.1, -0.05) is 29.8 Å². The molecular weight excluding hydrogens is 324 g/mol. The summed E-state index contributed by atoms with van der Waals surface area (Å²) in [6.45, 7) is 0.370. The van der Waals surface area contributed by atoms with Gasteiger partial charge >= 0.3 is 0 Å². The first-order valence-electron chi connectivity index (χ1n) is 5.20. The zero-order valence-corrected chi connectivity index (χ0v) is 11.5. The maximum Gasteiger partial charge on any atom is 0.149 e. The summed E-state index contributed by atoms with van der Waals surface area (Å²) in [5, 5.41) is 3.49. The molecule has 0 fully saturated rings. The third-order valence-corrected chi connectivity index (χ3v) is 3.41. The Bertz CT molecular complexity index is 575. The van der Waals surface area contributed by atoms with Crippen LogP contribution in [0.15, 0.2) is 40.9 Å². The second kappa shape index (κ2) is 5.67. The second-order valence-electron chi connectivity index (χ2n) is 3.69. The first kappa shape index (κ1) is 13.3. The van der Waals surface area contributed by atoms with Gasteiger partial charge in [-0.3, -0.25) is 0 Å². The molecule has 0 heterocycles. The lowest BCUT2D eigenvalue weighted by Crippen LogP contribution is -2.02. The third-order valence-electron chi connectivity index (χ3n) is 2.44. The minimum absolute atomic E-state index is 0.213. The van der Waals surface area contributed by atoms with Gasteiger partial charge in [0.15, 0.2) is 0 Å². The molecule has 0 radical (unpaired) electrons. The van der Waals surface area contributed by atoms with E-state index in [1.165, 1.54) is 6.07 Å². The standard InChI is InChI=1S/C13H9BrClF2N/c14-9-5-13(12(17)6-11(9)16)18-7-8-3-1-2-4-10(8)15/h1-6,18H,7H2. The Balaban J connectivity index is 2.16. The van der Waals surface area contributed by atoms with Crippen molar-refractivity contribution in [3.63, 3.8) is 0 Å². The molecule has 0 aliphatic heterocycles. The predicted octanol–water partition coefficient (Wildman–Crippen LogP) is 4.99. The minimum atomic E-state index is -0.636. The molecule has 0 aliphatic rings. The molecule has 2 rings (SSSR count). The van der Waals surface area contributed by atoms with Gasteiger partial charge in [-0.2, -0.15) is 0 Å². The summed E-state index contributed by atoms with van der Waals surface area (Å²) in [4.78, 5) is 0. The van der Waals surface area contributed by atoms with Crippen LogP contribution >= 0.6 is 27.5 Å². The molecule has 0 unspecified atom stereocenters. The van der Waals surface area contributed by atoms with Gasteiger partial charge in [-0.25, -0.2) is 8.78 Å². The Kier molecular flexibility index (Phi) is 4.19. The summed E-state index contributed by atoms with van der Waals surface area (Å²) >= 11 is 9.00. The zero-order valence-electron chi connectivity index (χ0n) is 9.18. The third kappa shape index (κ3) is 3.00. The van der Waals surface area contributed by atoms with Gasteiger partial charge in [0, 0.05) is 17.6 Å². The van der Waals surface area contributed by atoms with Crippen molar-refractivity contribution in [2.75, 3.05) is 5.32 Å². The maximum absolute atomic E-state index is 13.5. The maximum atomic E-state index is 13.5. The largest absolute Gasteiger partial charge is 0.379 e. The van der Waals surface area contributed by atoms with Crippen molar-refractivity contribution in [3.05, 3.63) is 63.1 Å². The summed E-state index contributed by atoms with van der Waals surface area (Å²) in [5.74, 6) is -1.27. The highest BCUT2D eigenvalue weighted by atomic mass is 79.9. The van der Waals surface area contributed by atoms with E-state index >= 15 is 0 Å². The molecule has 0 aromatic heterocycles. The van der Waals surface area contributed by atoms with Gasteiger partial charge in [0.1, 0.15) is 11.6 Å². The molecule has 1 nitrogen and oxygen atoms in total. The van der Waals surface area contributed by atoms with E-state index in [-0.39, 0.29) is 10.2 Å². The Hall–Kier alpha value is -1.13. The SMILES string of the molecule is Fc1cc(F)c(NCc2ccccc2Cl)cc1Br. The number of nitrogens with one attached hydrogen (secondary N) is 1. The van der Waals surface area contributed by atoms with Crippen molar-refractivity contribution in [2.24, 2.45) is 0 Å². The van der Waals surface area contributed by atoms with Crippen molar-refractivity contribution >= 4 is 33.2 Å². The molecule has 18 heavy (non-hydrogen) atoms. The molecule has 0 spiro atoms. The second-order valence-corrected chi connectivity index (χ2v) is 4.95. The molecule has 2 aromatic rings. The fourth-order valence-electron chi connectivity index (χ4n) is 1.49. The number of rotatable bonds is 3. The number of halogens is 4. The molecule has 0 aliphatic carbocycles. The van der Waals surface area contributed by atoms with E-state index in [2.05, 4.69) is 21.2 Å². The fourth-order valence-corrected chi connectivity index (χ4v) is 2.04. The summed E-state index contributed by atoms with van der Waals surface area (Å²) in [7, 11) is 0. The van der Waals surface area contributed by atoms with Crippen LogP contribution in [0.4, 0.5) is 14.5 Å². The number of benzene rings is 2. The van der Waals surface area contributed by atoms with Crippen LogP contribution in [0.1, 0.15) is 5.56 Å². The van der Waals surface area contributed by atoms with E-state index in [9.17, 15) is 8.78 Å². The van der Waals surface area contributed by atoms with Crippen LogP contribution in [0.5, 0.6) is 0 Å². The van der Waals surface area contributed by atoms with E-state index < -0.39 is 11.6 Å². The van der Waals surface area contributed by atoms with Crippen LogP contribution in [0, 0.1) is 11.6 Å². The molecule has 0 bridgehead atoms. The highest BCUT2D eigenvalue weighted by Crippen LogP contribution is 2.25. The van der Waals surface area contributed by atoms with Crippen molar-refractivity contribution < 1.29 is 8.78 Å². The Morgan fingerprint density at radius 1 is 1.11 bits per heavy atom. The molecular formula is C13H9BrClF2N. The first-order valence-corrected chi connectivity index (χ1v) is 6.37. The van der Waals surface area contributed by atoms with Gasteiger partial charge in [0.25, 0.3) is 0 Å². The van der Waals surface area contributed by atoms with Crippen LogP contribution in [-0.2, 0) is 6.54 Å². The van der Waals surface area contributed by atoms with Gasteiger partial charge in [-0.15, -0.1) is 0 Å². The molecule has 0 saturated carbocycles. The molecule has 1 N–H and O–H groups in total. The number of hydrogen-bond donors (Lipinski definition) is 1. The topological polar surface area (TPSA) is 12.0 Å². The van der Waals surface area contributed by atoms with Gasteiger partial charge < -0.3 is 5.32 Å². The molecule has 5 heteroatoms. The molecule has 0 atom stereocenters. The Morgan fingerprint density at radius 3 is 2.56 bits per heavy atom. The average Bonchev–Trinajstić information content (AvgIpc) is 2.34. The van der Waals surface area contributed by atoms with Crippen LogP contribution in [0.25, 0.3) is 0 Å². The fraction of sp³-hybridized carbons (Fsp3) is 0.0769. The lowest BCUT2D eigenvalue weighted by Gasteiger charge is -2.09. The van der Waals surface area contributed by atoms with E-state index in [0.29, 0.717) is 11.6 Å². The van der Waals surface area contributed by atoms with Gasteiger partial charge in [0.2, 0.25) is 0 Å². The van der Waals surface area contributed by atoms with Gasteiger partial charge in [-0.05, 0) is 33.6 Å². The number of anilines is 1. The van der Waals surface area contributed by atoms with Crippen LogP contribution in [0.2, 0.25) is 5.02 Å². The Morgan fingerprint density at radius 2 is 1.83 bits per heavy atom. The normalized spacial score (nSPS) is 10.4. The smallest absolute Gasteiger partial charge is 0.149 e. The zero-order chi connectivity index (χ0) is 13.1. The lowest BCUT2D eigenvalue weighted by atomic mass is 10.2. The predicted molar refractivity (Wildman–Crippen MR) is 72.8 cm³/mol. The van der Waals surface area contributed by atoms with Crippen LogP contribution in [-0.4, -0.2) is 0 Å². The minimum Gasteiger partial charge on any atom is -0.379 e. The lowest BCUT2D eigenvalue weighted by molar-refractivity contribution is 0.580. The van der Waals surface area contributed by atoms with Gasteiger partial charge in [0.05, 0.1) is 10.2 Å².